The standard InChI is InChI=1S/C15H24N2O2.ClH/c1-16-10-12-5-7-17(8-6-12)11-13-3-4-15(19-2)14(18)9-13;/h3-4,9,12,16,18H,5-8,10-11H2,1-2H3;1H. The van der Waals surface area contributed by atoms with Crippen molar-refractivity contribution in [1.29, 1.82) is 0 Å². The molecule has 5 heteroatoms. The second-order valence-electron chi connectivity index (χ2n) is 5.28. The smallest absolute Gasteiger partial charge is 0.160 e. The lowest BCUT2D eigenvalue weighted by atomic mass is 9.96. The summed E-state index contributed by atoms with van der Waals surface area (Å²) < 4.78 is 5.06. The molecule has 0 radical (unpaired) electrons. The predicted molar refractivity (Wildman–Crippen MR) is 83.8 cm³/mol. The van der Waals surface area contributed by atoms with Crippen LogP contribution in [0.3, 0.4) is 0 Å². The van der Waals surface area contributed by atoms with Gasteiger partial charge in [0.1, 0.15) is 0 Å². The number of rotatable bonds is 5. The second kappa shape index (κ2) is 8.35. The van der Waals surface area contributed by atoms with Crippen molar-refractivity contribution in [2.45, 2.75) is 19.4 Å². The van der Waals surface area contributed by atoms with Crippen molar-refractivity contribution in [2.24, 2.45) is 5.92 Å². The quantitative estimate of drug-likeness (QED) is 0.875. The van der Waals surface area contributed by atoms with Crippen molar-refractivity contribution in [3.63, 3.8) is 0 Å². The number of benzene rings is 1. The van der Waals surface area contributed by atoms with Crippen LogP contribution in [0.4, 0.5) is 0 Å². The van der Waals surface area contributed by atoms with Gasteiger partial charge in [-0.25, -0.2) is 0 Å². The third-order valence-corrected chi connectivity index (χ3v) is 3.85. The summed E-state index contributed by atoms with van der Waals surface area (Å²) in [5, 5.41) is 13.0. The third kappa shape index (κ3) is 4.54. The Hall–Kier alpha value is -0.970. The van der Waals surface area contributed by atoms with Crippen LogP contribution < -0.4 is 10.1 Å². The van der Waals surface area contributed by atoms with Crippen molar-refractivity contribution < 1.29 is 9.84 Å². The van der Waals surface area contributed by atoms with Gasteiger partial charge in [-0.3, -0.25) is 4.90 Å². The number of aromatic hydroxyl groups is 1. The van der Waals surface area contributed by atoms with Crippen LogP contribution in [0.1, 0.15) is 18.4 Å². The second-order valence-corrected chi connectivity index (χ2v) is 5.28. The maximum Gasteiger partial charge on any atom is 0.160 e. The lowest BCUT2D eigenvalue weighted by molar-refractivity contribution is 0.176. The molecule has 0 atom stereocenters. The molecule has 0 spiro atoms. The highest BCUT2D eigenvalue weighted by atomic mass is 35.5. The van der Waals surface area contributed by atoms with Crippen molar-refractivity contribution in [2.75, 3.05) is 33.8 Å². The van der Waals surface area contributed by atoms with Gasteiger partial charge in [-0.05, 0) is 63.1 Å². The number of phenols is 1. The van der Waals surface area contributed by atoms with Crippen LogP contribution >= 0.6 is 12.4 Å². The lowest BCUT2D eigenvalue weighted by Crippen LogP contribution is -2.36. The average molecular weight is 301 g/mol. The summed E-state index contributed by atoms with van der Waals surface area (Å²) in [6, 6.07) is 5.66. The first-order chi connectivity index (χ1) is 9.22. The number of likely N-dealkylation sites (tertiary alicyclic amines) is 1. The number of nitrogens with zero attached hydrogens (tertiary/aromatic N) is 1. The number of hydrogen-bond acceptors (Lipinski definition) is 4. The molecule has 0 saturated carbocycles. The molecule has 1 aromatic carbocycles. The van der Waals surface area contributed by atoms with E-state index in [1.54, 1.807) is 13.2 Å². The molecule has 20 heavy (non-hydrogen) atoms. The van der Waals surface area contributed by atoms with E-state index < -0.39 is 0 Å². The molecule has 114 valence electrons. The van der Waals surface area contributed by atoms with Crippen LogP contribution in [0.2, 0.25) is 0 Å². The first kappa shape index (κ1) is 17.1. The van der Waals surface area contributed by atoms with Crippen LogP contribution in [-0.4, -0.2) is 43.8 Å². The number of piperidine rings is 1. The van der Waals surface area contributed by atoms with Crippen molar-refractivity contribution >= 4 is 12.4 Å². The summed E-state index contributed by atoms with van der Waals surface area (Å²) in [4.78, 5) is 2.45. The molecule has 1 fully saturated rings. The lowest BCUT2D eigenvalue weighted by Gasteiger charge is -2.31. The summed E-state index contributed by atoms with van der Waals surface area (Å²) in [5.41, 5.74) is 1.14. The van der Waals surface area contributed by atoms with E-state index in [9.17, 15) is 5.11 Å². The zero-order valence-corrected chi connectivity index (χ0v) is 13.1. The number of halogens is 1. The van der Waals surface area contributed by atoms with Crippen LogP contribution in [-0.2, 0) is 6.54 Å². The first-order valence-electron chi connectivity index (χ1n) is 6.95. The molecule has 2 N–H and O–H groups in total. The predicted octanol–water partition coefficient (Wildman–Crippen LogP) is 2.25. The molecule has 2 rings (SSSR count). The van der Waals surface area contributed by atoms with Gasteiger partial charge in [-0.1, -0.05) is 6.07 Å². The monoisotopic (exact) mass is 300 g/mol. The molecule has 0 aliphatic carbocycles. The SMILES string of the molecule is CNCC1CCN(Cc2ccc(OC)c(O)c2)CC1.Cl. The summed E-state index contributed by atoms with van der Waals surface area (Å²) in [5.74, 6) is 1.58. The number of nitrogens with one attached hydrogen (secondary N) is 1. The first-order valence-corrected chi connectivity index (χ1v) is 6.95. The van der Waals surface area contributed by atoms with E-state index >= 15 is 0 Å². The molecule has 1 saturated heterocycles. The fourth-order valence-corrected chi connectivity index (χ4v) is 2.73. The molecule has 0 amide bonds. The van der Waals surface area contributed by atoms with Gasteiger partial charge in [0, 0.05) is 6.54 Å². The topological polar surface area (TPSA) is 44.7 Å². The maximum atomic E-state index is 9.78. The summed E-state index contributed by atoms with van der Waals surface area (Å²) in [6.45, 7) is 4.30. The maximum absolute atomic E-state index is 9.78. The molecular formula is C15H25ClN2O2. The van der Waals surface area contributed by atoms with Gasteiger partial charge >= 0.3 is 0 Å². The number of methoxy groups -OCH3 is 1. The van der Waals surface area contributed by atoms with Gasteiger partial charge in [0.25, 0.3) is 0 Å². The van der Waals surface area contributed by atoms with Gasteiger partial charge in [0.05, 0.1) is 7.11 Å². The van der Waals surface area contributed by atoms with E-state index in [2.05, 4.69) is 10.2 Å². The van der Waals surface area contributed by atoms with Gasteiger partial charge in [0.15, 0.2) is 11.5 Å². The summed E-state index contributed by atoms with van der Waals surface area (Å²) >= 11 is 0. The van der Waals surface area contributed by atoms with E-state index in [1.165, 1.54) is 12.8 Å². The Morgan fingerprint density at radius 3 is 2.60 bits per heavy atom. The molecule has 0 unspecified atom stereocenters. The Morgan fingerprint density at radius 1 is 1.35 bits per heavy atom. The van der Waals surface area contributed by atoms with Crippen LogP contribution in [0.5, 0.6) is 11.5 Å². The zero-order chi connectivity index (χ0) is 13.7. The van der Waals surface area contributed by atoms with Gasteiger partial charge in [0.2, 0.25) is 0 Å². The minimum absolute atomic E-state index is 0. The molecule has 1 heterocycles. The van der Waals surface area contributed by atoms with Crippen LogP contribution in [0.15, 0.2) is 18.2 Å². The fourth-order valence-electron chi connectivity index (χ4n) is 2.73. The Kier molecular flexibility index (Phi) is 7.13. The van der Waals surface area contributed by atoms with E-state index in [4.69, 9.17) is 4.74 Å². The number of ether oxygens (including phenoxy) is 1. The normalized spacial score (nSPS) is 16.7. The van der Waals surface area contributed by atoms with E-state index in [-0.39, 0.29) is 18.2 Å². The Bertz CT molecular complexity index is 407. The minimum Gasteiger partial charge on any atom is -0.504 e. The van der Waals surface area contributed by atoms with Crippen molar-refractivity contribution in [3.05, 3.63) is 23.8 Å². The highest BCUT2D eigenvalue weighted by molar-refractivity contribution is 5.85. The molecule has 1 aliphatic heterocycles. The van der Waals surface area contributed by atoms with Gasteiger partial charge in [-0.2, -0.15) is 0 Å². The van der Waals surface area contributed by atoms with Gasteiger partial charge in [-0.15, -0.1) is 12.4 Å². The number of hydrogen-bond donors (Lipinski definition) is 2. The van der Waals surface area contributed by atoms with E-state index in [0.717, 1.165) is 37.7 Å². The largest absolute Gasteiger partial charge is 0.504 e. The van der Waals surface area contributed by atoms with E-state index in [1.807, 2.05) is 19.2 Å². The molecule has 1 aromatic rings. The Morgan fingerprint density at radius 2 is 2.05 bits per heavy atom. The Labute approximate surface area is 127 Å². The van der Waals surface area contributed by atoms with Crippen molar-refractivity contribution in [1.82, 2.24) is 10.2 Å². The summed E-state index contributed by atoms with van der Waals surface area (Å²) in [7, 11) is 3.59. The molecule has 0 bridgehead atoms. The van der Waals surface area contributed by atoms with Crippen LogP contribution in [0.25, 0.3) is 0 Å². The van der Waals surface area contributed by atoms with Crippen LogP contribution in [0, 0.1) is 5.92 Å². The minimum atomic E-state index is 0. The molecule has 1 aliphatic rings. The van der Waals surface area contributed by atoms with E-state index in [0.29, 0.717) is 5.75 Å². The summed E-state index contributed by atoms with van der Waals surface area (Å²) in [6.07, 6.45) is 2.51. The Balaban J connectivity index is 0.00000200. The number of phenolic OH excluding ortho intramolecular Hbond substituents is 1. The molecule has 4 nitrogen and oxygen atoms in total. The third-order valence-electron chi connectivity index (χ3n) is 3.85. The molecule has 0 aromatic heterocycles. The highest BCUT2D eigenvalue weighted by Crippen LogP contribution is 2.27. The van der Waals surface area contributed by atoms with Gasteiger partial charge < -0.3 is 15.2 Å². The average Bonchev–Trinajstić information content (AvgIpc) is 2.42. The molecular weight excluding hydrogens is 276 g/mol. The highest BCUT2D eigenvalue weighted by Gasteiger charge is 2.18. The van der Waals surface area contributed by atoms with Crippen molar-refractivity contribution in [3.8, 4) is 11.5 Å². The fraction of sp³-hybridized carbons (Fsp3) is 0.600. The zero-order valence-electron chi connectivity index (χ0n) is 12.3.